The standard InChI is InChI=1S/C22H29N3/c1-19(17-21-5-3-2-4-6-21)18-24-22-10-15-25(16-11-22)14-9-20-7-12-23-13-8-20/h2-8,12-13,17,22,24H,9-11,14-16,18H2,1H3/b19-17+. The van der Waals surface area contributed by atoms with Crippen LogP contribution in [0.4, 0.5) is 0 Å². The molecule has 132 valence electrons. The molecule has 0 unspecified atom stereocenters. The largest absolute Gasteiger partial charge is 0.310 e. The van der Waals surface area contributed by atoms with Crippen molar-refractivity contribution in [1.82, 2.24) is 15.2 Å². The topological polar surface area (TPSA) is 28.2 Å². The van der Waals surface area contributed by atoms with Crippen molar-refractivity contribution in [3.8, 4) is 0 Å². The molecular formula is C22H29N3. The van der Waals surface area contributed by atoms with Crippen LogP contribution in [0.3, 0.4) is 0 Å². The second kappa shape index (κ2) is 9.50. The van der Waals surface area contributed by atoms with Crippen molar-refractivity contribution < 1.29 is 0 Å². The van der Waals surface area contributed by atoms with Crippen molar-refractivity contribution in [2.45, 2.75) is 32.2 Å². The summed E-state index contributed by atoms with van der Waals surface area (Å²) in [5, 5.41) is 3.73. The Balaban J connectivity index is 1.36. The maximum Gasteiger partial charge on any atom is 0.0270 e. The molecule has 2 heterocycles. The highest BCUT2D eigenvalue weighted by Gasteiger charge is 2.18. The van der Waals surface area contributed by atoms with Gasteiger partial charge >= 0.3 is 0 Å². The molecule has 3 rings (SSSR count). The minimum Gasteiger partial charge on any atom is -0.310 e. The summed E-state index contributed by atoms with van der Waals surface area (Å²) in [6, 6.07) is 15.5. The van der Waals surface area contributed by atoms with Gasteiger partial charge in [-0.3, -0.25) is 4.98 Å². The Morgan fingerprint density at radius 1 is 1.12 bits per heavy atom. The van der Waals surface area contributed by atoms with Gasteiger partial charge in [0.1, 0.15) is 0 Å². The zero-order valence-corrected chi connectivity index (χ0v) is 15.2. The molecule has 0 amide bonds. The van der Waals surface area contributed by atoms with E-state index >= 15 is 0 Å². The molecule has 0 atom stereocenters. The highest BCUT2D eigenvalue weighted by Crippen LogP contribution is 2.12. The molecule has 3 heteroatoms. The van der Waals surface area contributed by atoms with Gasteiger partial charge in [-0.1, -0.05) is 42.0 Å². The van der Waals surface area contributed by atoms with Gasteiger partial charge in [0.15, 0.2) is 0 Å². The van der Waals surface area contributed by atoms with Crippen LogP contribution in [0.2, 0.25) is 0 Å². The predicted molar refractivity (Wildman–Crippen MR) is 105 cm³/mol. The van der Waals surface area contributed by atoms with Crippen LogP contribution in [0, 0.1) is 0 Å². The lowest BCUT2D eigenvalue weighted by atomic mass is 10.0. The number of hydrogen-bond acceptors (Lipinski definition) is 3. The molecule has 25 heavy (non-hydrogen) atoms. The molecule has 0 aliphatic carbocycles. The summed E-state index contributed by atoms with van der Waals surface area (Å²) in [6.45, 7) is 6.75. The van der Waals surface area contributed by atoms with Crippen LogP contribution in [0.1, 0.15) is 30.9 Å². The summed E-state index contributed by atoms with van der Waals surface area (Å²) in [6.07, 6.45) is 9.66. The first kappa shape index (κ1) is 17.8. The van der Waals surface area contributed by atoms with Crippen molar-refractivity contribution in [3.05, 3.63) is 71.6 Å². The van der Waals surface area contributed by atoms with Crippen molar-refractivity contribution in [3.63, 3.8) is 0 Å². The molecule has 0 spiro atoms. The van der Waals surface area contributed by atoms with E-state index in [9.17, 15) is 0 Å². The first-order valence-electron chi connectivity index (χ1n) is 9.36. The SMILES string of the molecule is C/C(=C\c1ccccc1)CNC1CCN(CCc2ccncc2)CC1. The van der Waals surface area contributed by atoms with Crippen LogP contribution in [0.25, 0.3) is 6.08 Å². The highest BCUT2D eigenvalue weighted by atomic mass is 15.1. The Hall–Kier alpha value is -1.97. The minimum atomic E-state index is 0.649. The van der Waals surface area contributed by atoms with Gasteiger partial charge in [-0.2, -0.15) is 0 Å². The van der Waals surface area contributed by atoms with Crippen LogP contribution in [0.15, 0.2) is 60.4 Å². The molecule has 1 saturated heterocycles. The first-order chi connectivity index (χ1) is 12.3. The Morgan fingerprint density at radius 3 is 2.56 bits per heavy atom. The molecule has 1 aliphatic rings. The molecule has 0 saturated carbocycles. The van der Waals surface area contributed by atoms with Crippen molar-refractivity contribution >= 4 is 6.08 Å². The van der Waals surface area contributed by atoms with E-state index in [4.69, 9.17) is 0 Å². The third-order valence-electron chi connectivity index (χ3n) is 4.94. The second-order valence-corrected chi connectivity index (χ2v) is 7.00. The van der Waals surface area contributed by atoms with E-state index in [-0.39, 0.29) is 0 Å². The Bertz CT molecular complexity index is 643. The Labute approximate surface area is 151 Å². The summed E-state index contributed by atoms with van der Waals surface area (Å²) in [5.41, 5.74) is 4.07. The van der Waals surface area contributed by atoms with Gasteiger partial charge < -0.3 is 10.2 Å². The van der Waals surface area contributed by atoms with E-state index in [0.29, 0.717) is 6.04 Å². The molecule has 1 aromatic carbocycles. The average Bonchev–Trinajstić information content (AvgIpc) is 2.67. The van der Waals surface area contributed by atoms with Crippen LogP contribution >= 0.6 is 0 Å². The number of nitrogens with one attached hydrogen (secondary N) is 1. The monoisotopic (exact) mass is 335 g/mol. The summed E-state index contributed by atoms with van der Waals surface area (Å²) >= 11 is 0. The number of aromatic nitrogens is 1. The zero-order chi connectivity index (χ0) is 17.3. The maximum absolute atomic E-state index is 4.08. The lowest BCUT2D eigenvalue weighted by Crippen LogP contribution is -2.43. The molecule has 3 nitrogen and oxygen atoms in total. The van der Waals surface area contributed by atoms with Gasteiger partial charge in [0, 0.05) is 31.5 Å². The summed E-state index contributed by atoms with van der Waals surface area (Å²) in [7, 11) is 0. The van der Waals surface area contributed by atoms with Gasteiger partial charge in [-0.05, 0) is 62.5 Å². The number of pyridine rings is 1. The zero-order valence-electron chi connectivity index (χ0n) is 15.2. The third-order valence-corrected chi connectivity index (χ3v) is 4.94. The molecular weight excluding hydrogens is 306 g/mol. The number of nitrogens with zero attached hydrogens (tertiary/aromatic N) is 2. The molecule has 1 aliphatic heterocycles. The number of rotatable bonds is 7. The van der Waals surface area contributed by atoms with Crippen LogP contribution in [0.5, 0.6) is 0 Å². The summed E-state index contributed by atoms with van der Waals surface area (Å²) in [5.74, 6) is 0. The number of piperidine rings is 1. The number of benzene rings is 1. The van der Waals surface area contributed by atoms with E-state index in [1.54, 1.807) is 0 Å². The predicted octanol–water partition coefficient (Wildman–Crippen LogP) is 3.78. The van der Waals surface area contributed by atoms with Crippen LogP contribution < -0.4 is 5.32 Å². The molecule has 2 aromatic rings. The fraction of sp³-hybridized carbons (Fsp3) is 0.409. The number of likely N-dealkylation sites (tertiary alicyclic amines) is 1. The smallest absolute Gasteiger partial charge is 0.0270 e. The molecule has 0 bridgehead atoms. The van der Waals surface area contributed by atoms with E-state index in [2.05, 4.69) is 70.7 Å². The quantitative estimate of drug-likeness (QED) is 0.834. The van der Waals surface area contributed by atoms with Crippen LogP contribution in [-0.2, 0) is 6.42 Å². The van der Waals surface area contributed by atoms with E-state index in [1.165, 1.54) is 42.6 Å². The molecule has 1 fully saturated rings. The van der Waals surface area contributed by atoms with Crippen molar-refractivity contribution in [1.29, 1.82) is 0 Å². The van der Waals surface area contributed by atoms with E-state index in [0.717, 1.165) is 19.5 Å². The molecule has 1 aromatic heterocycles. The second-order valence-electron chi connectivity index (χ2n) is 7.00. The average molecular weight is 335 g/mol. The lowest BCUT2D eigenvalue weighted by Gasteiger charge is -2.32. The summed E-state index contributed by atoms with van der Waals surface area (Å²) in [4.78, 5) is 6.67. The molecule has 1 N–H and O–H groups in total. The normalized spacial score (nSPS) is 16.9. The van der Waals surface area contributed by atoms with Gasteiger partial charge in [0.25, 0.3) is 0 Å². The van der Waals surface area contributed by atoms with Crippen LogP contribution in [-0.4, -0.2) is 42.1 Å². The lowest BCUT2D eigenvalue weighted by molar-refractivity contribution is 0.201. The Morgan fingerprint density at radius 2 is 1.84 bits per heavy atom. The van der Waals surface area contributed by atoms with Gasteiger partial charge in [-0.15, -0.1) is 0 Å². The fourth-order valence-corrected chi connectivity index (χ4v) is 3.39. The van der Waals surface area contributed by atoms with Crippen molar-refractivity contribution in [2.24, 2.45) is 0 Å². The van der Waals surface area contributed by atoms with E-state index < -0.39 is 0 Å². The van der Waals surface area contributed by atoms with Crippen molar-refractivity contribution in [2.75, 3.05) is 26.2 Å². The van der Waals surface area contributed by atoms with E-state index in [1.807, 2.05) is 12.4 Å². The fourth-order valence-electron chi connectivity index (χ4n) is 3.39. The third kappa shape index (κ3) is 6.11. The summed E-state index contributed by atoms with van der Waals surface area (Å²) < 4.78 is 0. The minimum absolute atomic E-state index is 0.649. The van der Waals surface area contributed by atoms with Gasteiger partial charge in [0.05, 0.1) is 0 Å². The maximum atomic E-state index is 4.08. The highest BCUT2D eigenvalue weighted by molar-refractivity contribution is 5.52. The number of hydrogen-bond donors (Lipinski definition) is 1. The van der Waals surface area contributed by atoms with Gasteiger partial charge in [-0.25, -0.2) is 0 Å². The molecule has 0 radical (unpaired) electrons. The van der Waals surface area contributed by atoms with Gasteiger partial charge in [0.2, 0.25) is 0 Å². The first-order valence-corrected chi connectivity index (χ1v) is 9.36. The Kier molecular flexibility index (Phi) is 6.78.